The van der Waals surface area contributed by atoms with E-state index in [9.17, 15) is 5.11 Å². The smallest absolute Gasteiger partial charge is 0.197 e. The van der Waals surface area contributed by atoms with Crippen LogP contribution in [0.25, 0.3) is 0 Å². The second kappa shape index (κ2) is 15.4. The van der Waals surface area contributed by atoms with Crippen LogP contribution in [0.15, 0.2) is 66.2 Å². The van der Waals surface area contributed by atoms with Crippen molar-refractivity contribution in [3.8, 4) is 17.2 Å². The molecular formula is C30H44BrNO4Si. The van der Waals surface area contributed by atoms with Crippen LogP contribution in [0, 0.1) is 0 Å². The highest BCUT2D eigenvalue weighted by molar-refractivity contribution is 9.10. The number of nitrogens with one attached hydrogen (secondary N) is 1. The van der Waals surface area contributed by atoms with Gasteiger partial charge >= 0.3 is 0 Å². The molecule has 37 heavy (non-hydrogen) atoms. The van der Waals surface area contributed by atoms with Gasteiger partial charge in [-0.2, -0.15) is 0 Å². The number of hydrogen-bond acceptors (Lipinski definition) is 5. The first-order valence-corrected chi connectivity index (χ1v) is 16.2. The van der Waals surface area contributed by atoms with Crippen LogP contribution < -0.4 is 14.8 Å². The molecule has 0 aliphatic carbocycles. The van der Waals surface area contributed by atoms with Gasteiger partial charge in [0.25, 0.3) is 0 Å². The number of benzene rings is 2. The first-order chi connectivity index (χ1) is 17.7. The Kier molecular flexibility index (Phi) is 12.9. The molecule has 0 aromatic heterocycles. The Morgan fingerprint density at radius 1 is 0.946 bits per heavy atom. The molecule has 0 radical (unpaired) electrons. The number of halogens is 1. The lowest BCUT2D eigenvalue weighted by atomic mass is 10.1. The minimum absolute atomic E-state index is 0.0965. The molecule has 5 nitrogen and oxygen atoms in total. The topological polar surface area (TPSA) is 60.0 Å². The van der Waals surface area contributed by atoms with E-state index in [4.69, 9.17) is 13.9 Å². The van der Waals surface area contributed by atoms with E-state index in [0.717, 1.165) is 28.1 Å². The van der Waals surface area contributed by atoms with Crippen molar-refractivity contribution >= 4 is 24.2 Å². The van der Waals surface area contributed by atoms with Crippen molar-refractivity contribution in [3.05, 3.63) is 77.3 Å². The molecule has 0 fully saturated rings. The maximum Gasteiger partial charge on any atom is 0.197 e. The number of phenols is 1. The second-order valence-electron chi connectivity index (χ2n) is 9.98. The summed E-state index contributed by atoms with van der Waals surface area (Å²) in [5.74, 6) is 1.69. The highest BCUT2D eigenvalue weighted by Crippen LogP contribution is 2.38. The lowest BCUT2D eigenvalue weighted by Gasteiger charge is -2.39. The molecule has 7 heteroatoms. The van der Waals surface area contributed by atoms with Gasteiger partial charge in [-0.1, -0.05) is 72.1 Å². The SMILES string of the molecule is C=CCOc1cc(CN[C@H](CO[Si](CC)(C(C)C)C(C)C)Cc2ccc(O)cc2)cc(OCC=C)c1Br. The van der Waals surface area contributed by atoms with Crippen molar-refractivity contribution < 1.29 is 19.0 Å². The average Bonchev–Trinajstić information content (AvgIpc) is 2.87. The largest absolute Gasteiger partial charge is 0.508 e. The van der Waals surface area contributed by atoms with Crippen LogP contribution >= 0.6 is 15.9 Å². The summed E-state index contributed by atoms with van der Waals surface area (Å²) >= 11 is 3.61. The number of ether oxygens (including phenoxy) is 2. The van der Waals surface area contributed by atoms with E-state index >= 15 is 0 Å². The van der Waals surface area contributed by atoms with Crippen LogP contribution in [0.1, 0.15) is 45.7 Å². The average molecular weight is 591 g/mol. The molecule has 0 saturated heterocycles. The van der Waals surface area contributed by atoms with Gasteiger partial charge in [-0.05, 0) is 74.9 Å². The van der Waals surface area contributed by atoms with Crippen molar-refractivity contribution in [3.63, 3.8) is 0 Å². The summed E-state index contributed by atoms with van der Waals surface area (Å²) in [6.07, 6.45) is 4.24. The van der Waals surface area contributed by atoms with Crippen LogP contribution in [-0.4, -0.2) is 39.3 Å². The number of rotatable bonds is 17. The standard InChI is InChI=1S/C30H44BrNO4Si/c1-8-15-34-28-18-25(19-29(30(28)31)35-16-9-2)20-32-26(17-24-11-13-27(33)14-12-24)21-36-37(10-3,22(4)5)23(6)7/h8-9,11-14,18-19,22-23,26,32-33H,1-2,10,15-17,20-21H2,3-7H3/t26-/m0/s1. The molecule has 0 amide bonds. The second-order valence-corrected chi connectivity index (χ2v) is 16.0. The van der Waals surface area contributed by atoms with Gasteiger partial charge in [0.2, 0.25) is 0 Å². The van der Waals surface area contributed by atoms with Crippen LogP contribution in [0.2, 0.25) is 17.1 Å². The van der Waals surface area contributed by atoms with E-state index in [0.29, 0.717) is 48.9 Å². The summed E-state index contributed by atoms with van der Waals surface area (Å²) in [7, 11) is -1.92. The molecule has 0 heterocycles. The number of phenolic OH excluding ortho intramolecular Hbond substituents is 1. The van der Waals surface area contributed by atoms with Crippen LogP contribution in [0.4, 0.5) is 0 Å². The van der Waals surface area contributed by atoms with Gasteiger partial charge in [0.1, 0.15) is 34.9 Å². The molecule has 2 rings (SSSR count). The van der Waals surface area contributed by atoms with Crippen LogP contribution in [0.5, 0.6) is 17.2 Å². The zero-order chi connectivity index (χ0) is 27.4. The van der Waals surface area contributed by atoms with E-state index in [2.05, 4.69) is 69.0 Å². The molecule has 1 atom stereocenters. The highest BCUT2D eigenvalue weighted by Gasteiger charge is 2.40. The summed E-state index contributed by atoms with van der Waals surface area (Å²) in [5, 5.41) is 13.5. The molecular weight excluding hydrogens is 546 g/mol. The summed E-state index contributed by atoms with van der Waals surface area (Å²) in [6.45, 7) is 21.0. The molecule has 2 aromatic carbocycles. The zero-order valence-corrected chi connectivity index (χ0v) is 25.6. The Balaban J connectivity index is 2.28. The molecule has 0 spiro atoms. The lowest BCUT2D eigenvalue weighted by Crippen LogP contribution is -2.48. The molecule has 0 aliphatic heterocycles. The minimum atomic E-state index is -1.92. The Labute approximate surface area is 233 Å². The normalized spacial score (nSPS) is 12.5. The molecule has 2 aromatic rings. The first kappa shape index (κ1) is 31.2. The van der Waals surface area contributed by atoms with Crippen molar-refractivity contribution in [2.45, 2.75) is 70.8 Å². The number of aromatic hydroxyl groups is 1. The summed E-state index contributed by atoms with van der Waals surface area (Å²) < 4.78 is 19.4. The molecule has 0 bridgehead atoms. The van der Waals surface area contributed by atoms with E-state index in [-0.39, 0.29) is 11.8 Å². The Morgan fingerprint density at radius 2 is 1.49 bits per heavy atom. The van der Waals surface area contributed by atoms with Gasteiger partial charge in [0.05, 0.1) is 0 Å². The Bertz CT molecular complexity index is 953. The predicted octanol–water partition coefficient (Wildman–Crippen LogP) is 7.79. The van der Waals surface area contributed by atoms with Crippen LogP contribution in [0.3, 0.4) is 0 Å². The third kappa shape index (κ3) is 9.02. The Hall–Kier alpha value is -2.06. The quantitative estimate of drug-likeness (QED) is 0.146. The highest BCUT2D eigenvalue weighted by atomic mass is 79.9. The van der Waals surface area contributed by atoms with Gasteiger partial charge in [-0.25, -0.2) is 0 Å². The third-order valence-electron chi connectivity index (χ3n) is 6.85. The van der Waals surface area contributed by atoms with Gasteiger partial charge in [-0.3, -0.25) is 0 Å². The van der Waals surface area contributed by atoms with Gasteiger partial charge in [0, 0.05) is 19.2 Å². The predicted molar refractivity (Wildman–Crippen MR) is 160 cm³/mol. The van der Waals surface area contributed by atoms with Gasteiger partial charge < -0.3 is 24.3 Å². The zero-order valence-electron chi connectivity index (χ0n) is 23.1. The number of hydrogen-bond donors (Lipinski definition) is 2. The van der Waals surface area contributed by atoms with Crippen molar-refractivity contribution in [1.82, 2.24) is 5.32 Å². The fraction of sp³-hybridized carbons (Fsp3) is 0.467. The Morgan fingerprint density at radius 3 is 1.95 bits per heavy atom. The molecule has 0 aliphatic rings. The first-order valence-electron chi connectivity index (χ1n) is 13.1. The third-order valence-corrected chi connectivity index (χ3v) is 13.4. The van der Waals surface area contributed by atoms with Crippen molar-refractivity contribution in [2.24, 2.45) is 0 Å². The van der Waals surface area contributed by atoms with E-state index < -0.39 is 8.32 Å². The summed E-state index contributed by atoms with van der Waals surface area (Å²) in [4.78, 5) is 0. The lowest BCUT2D eigenvalue weighted by molar-refractivity contribution is 0.238. The van der Waals surface area contributed by atoms with Crippen molar-refractivity contribution in [1.29, 1.82) is 0 Å². The minimum Gasteiger partial charge on any atom is -0.508 e. The molecule has 204 valence electrons. The summed E-state index contributed by atoms with van der Waals surface area (Å²) in [5.41, 5.74) is 3.26. The molecule has 2 N–H and O–H groups in total. The monoisotopic (exact) mass is 589 g/mol. The fourth-order valence-electron chi connectivity index (χ4n) is 4.78. The van der Waals surface area contributed by atoms with Crippen LogP contribution in [-0.2, 0) is 17.4 Å². The molecule has 0 unspecified atom stereocenters. The maximum absolute atomic E-state index is 9.73. The van der Waals surface area contributed by atoms with Crippen molar-refractivity contribution in [2.75, 3.05) is 19.8 Å². The summed E-state index contributed by atoms with van der Waals surface area (Å²) in [6, 6.07) is 12.7. The van der Waals surface area contributed by atoms with E-state index in [1.165, 1.54) is 0 Å². The fourth-order valence-corrected chi connectivity index (χ4v) is 9.59. The maximum atomic E-state index is 9.73. The molecule has 0 saturated carbocycles. The van der Waals surface area contributed by atoms with E-state index in [1.54, 1.807) is 24.3 Å². The van der Waals surface area contributed by atoms with E-state index in [1.807, 2.05) is 24.3 Å². The van der Waals surface area contributed by atoms with Gasteiger partial charge in [0.15, 0.2) is 8.32 Å². The van der Waals surface area contributed by atoms with Gasteiger partial charge in [-0.15, -0.1) is 0 Å².